The van der Waals surface area contributed by atoms with Gasteiger partial charge in [-0.1, -0.05) is 78.9 Å². The molecule has 0 saturated carbocycles. The van der Waals surface area contributed by atoms with Gasteiger partial charge in [0.05, 0.1) is 11.4 Å². The van der Waals surface area contributed by atoms with E-state index in [0.717, 1.165) is 67.1 Å². The summed E-state index contributed by atoms with van der Waals surface area (Å²) in [6.45, 7) is 7.09. The molecular weight excluding hydrogens is 919 g/mol. The number of rotatable bonds is 15. The van der Waals surface area contributed by atoms with E-state index < -0.39 is 18.4 Å². The third-order valence-electron chi connectivity index (χ3n) is 13.9. The molecule has 0 fully saturated rings. The van der Waals surface area contributed by atoms with Crippen LogP contribution in [-0.2, 0) is 0 Å². The van der Waals surface area contributed by atoms with Crippen molar-refractivity contribution in [3.8, 4) is 55.6 Å². The molecule has 0 unspecified atom stereocenters. The van der Waals surface area contributed by atoms with E-state index in [-0.39, 0.29) is 0 Å². The summed E-state index contributed by atoms with van der Waals surface area (Å²) >= 11 is -2.52. The van der Waals surface area contributed by atoms with Gasteiger partial charge in [-0.2, -0.15) is 0 Å². The summed E-state index contributed by atoms with van der Waals surface area (Å²) in [4.78, 5) is 17.9. The summed E-state index contributed by atoms with van der Waals surface area (Å²) < 4.78 is 6.18. The zero-order valence-electron chi connectivity index (χ0n) is 39.2. The van der Waals surface area contributed by atoms with Gasteiger partial charge in [0.2, 0.25) is 0 Å². The third-order valence-corrected chi connectivity index (χ3v) is 29.6. The number of benzene rings is 5. The van der Waals surface area contributed by atoms with Crippen molar-refractivity contribution < 1.29 is 0 Å². The van der Waals surface area contributed by atoms with Crippen molar-refractivity contribution in [2.24, 2.45) is 0 Å². The Morgan fingerprint density at radius 2 is 0.746 bits per heavy atom. The predicted octanol–water partition coefficient (Wildman–Crippen LogP) is 17.0. The molecule has 2 aliphatic rings. The molecule has 0 spiro atoms. The second-order valence-corrected chi connectivity index (χ2v) is 31.7. The van der Waals surface area contributed by atoms with E-state index in [4.69, 9.17) is 9.97 Å². The number of aromatic nitrogens is 4. The van der Waals surface area contributed by atoms with Crippen LogP contribution in [0.3, 0.4) is 0 Å². The van der Waals surface area contributed by atoms with Crippen LogP contribution < -0.4 is 3.58 Å². The first-order chi connectivity index (χ1) is 33.0. The summed E-state index contributed by atoms with van der Waals surface area (Å²) in [7, 11) is 0. The van der Waals surface area contributed by atoms with Gasteiger partial charge < -0.3 is 4.98 Å². The first kappa shape index (κ1) is 44.3. The van der Waals surface area contributed by atoms with Gasteiger partial charge in [0.1, 0.15) is 0 Å². The Labute approximate surface area is 400 Å². The van der Waals surface area contributed by atoms with E-state index >= 15 is 0 Å². The van der Waals surface area contributed by atoms with Crippen LogP contribution in [0.1, 0.15) is 82.1 Å². The maximum absolute atomic E-state index is 5.24. The Balaban J connectivity index is 1.05. The van der Waals surface area contributed by atoms with Crippen LogP contribution in [0.4, 0.5) is 0 Å². The van der Waals surface area contributed by atoms with E-state index in [1.165, 1.54) is 85.2 Å². The molecule has 4 nitrogen and oxygen atoms in total. The van der Waals surface area contributed by atoms with Crippen molar-refractivity contribution >= 4 is 68.3 Å². The monoisotopic (exact) mass is 980 g/mol. The quantitative estimate of drug-likeness (QED) is 0.101. The topological polar surface area (TPSA) is 57.4 Å². The number of fused-ring (bicyclic) bond motifs is 8. The molecule has 5 heteroatoms. The number of unbranched alkanes of at least 4 members (excludes halogenated alkanes) is 3. The fourth-order valence-corrected chi connectivity index (χ4v) is 26.1. The summed E-state index contributed by atoms with van der Waals surface area (Å²) in [5.74, 6) is 0. The van der Waals surface area contributed by atoms with Crippen molar-refractivity contribution in [1.29, 1.82) is 0 Å². The van der Waals surface area contributed by atoms with Crippen LogP contribution in [0.15, 0.2) is 164 Å². The summed E-state index contributed by atoms with van der Waals surface area (Å²) in [5.41, 5.74) is 19.3. The van der Waals surface area contributed by atoms with Gasteiger partial charge in [0.25, 0.3) is 0 Å². The molecule has 2 N–H and O–H groups in total. The van der Waals surface area contributed by atoms with Crippen molar-refractivity contribution in [1.82, 2.24) is 19.9 Å². The van der Waals surface area contributed by atoms with Crippen LogP contribution in [0, 0.1) is 0 Å². The number of hydrogen-bond donors (Lipinski definition) is 2. The molecule has 0 saturated heterocycles. The minimum atomic E-state index is -2.52. The average Bonchev–Trinajstić information content (AvgIpc) is 4.23. The molecule has 5 aromatic carbocycles. The molecule has 3 aromatic heterocycles. The van der Waals surface area contributed by atoms with Crippen LogP contribution in [-0.4, -0.2) is 38.3 Å². The molecule has 0 aliphatic carbocycles. The SMILES string of the molecule is CCC[CH2][Sn]([CH2]CCC)([CH2]CCC)[c]1ccc(-c2ccc(-c3c4nc(cc5ccc(cc6nc(c(-c7ccc(-c8ccc(-c9ccccc9)cc8)cc7)c7ccc3[nH]7)C=C6)[nH]5)C=C4)cc2)cc1. The second-order valence-electron chi connectivity index (χ2n) is 18.5. The van der Waals surface area contributed by atoms with Crippen molar-refractivity contribution in [3.63, 3.8) is 0 Å². The molecule has 8 aromatic rings. The maximum atomic E-state index is 5.24. The summed E-state index contributed by atoms with van der Waals surface area (Å²) in [6.07, 6.45) is 16.5. The molecule has 8 bridgehead atoms. The fraction of sp³-hybridized carbons (Fsp3) is 0.194. The number of aromatic amines is 2. The summed E-state index contributed by atoms with van der Waals surface area (Å²) in [5, 5.41) is 0. The first-order valence-electron chi connectivity index (χ1n) is 24.6. The van der Waals surface area contributed by atoms with Gasteiger partial charge in [-0.25, -0.2) is 4.98 Å². The molecule has 10 rings (SSSR count). The fourth-order valence-electron chi connectivity index (χ4n) is 10.2. The Morgan fingerprint density at radius 1 is 0.373 bits per heavy atom. The van der Waals surface area contributed by atoms with Crippen molar-refractivity contribution in [2.45, 2.75) is 72.6 Å². The Kier molecular flexibility index (Phi) is 13.3. The van der Waals surface area contributed by atoms with Gasteiger partial charge in [-0.15, -0.1) is 0 Å². The standard InChI is InChI=1S/C50H33N4.3C4H9.Sn/c1-3-7-33(8-4-1)35-11-13-37(14-12-35)38-17-21-40(22-18-38)50-46-28-26-44(53-46)32-42-24-23-41(51-42)31-43-25-27-45(52-43)49(47-29-30-48(50)54-47)39-19-15-36(16-20-39)34-9-5-2-6-10-34;3*1-3-4-2;/h1,3-32,51,54H;3*1,3-4H2,2H3;. The van der Waals surface area contributed by atoms with E-state index in [1.807, 2.05) is 0 Å². The van der Waals surface area contributed by atoms with Crippen LogP contribution in [0.25, 0.3) is 102 Å². The van der Waals surface area contributed by atoms with Gasteiger partial charge in [-0.05, 0) is 64.2 Å². The zero-order chi connectivity index (χ0) is 45.6. The van der Waals surface area contributed by atoms with Crippen molar-refractivity contribution in [3.05, 3.63) is 187 Å². The van der Waals surface area contributed by atoms with E-state index in [0.29, 0.717) is 0 Å². The Bertz CT molecular complexity index is 3190. The molecule has 5 heterocycles. The van der Waals surface area contributed by atoms with Gasteiger partial charge in [-0.3, -0.25) is 0 Å². The zero-order valence-corrected chi connectivity index (χ0v) is 42.0. The number of nitrogens with one attached hydrogen (secondary N) is 2. The van der Waals surface area contributed by atoms with Gasteiger partial charge >= 0.3 is 222 Å². The number of nitrogens with zero attached hydrogens (tertiary/aromatic N) is 2. The van der Waals surface area contributed by atoms with Crippen LogP contribution in [0.5, 0.6) is 0 Å². The third kappa shape index (κ3) is 9.69. The van der Waals surface area contributed by atoms with E-state index in [9.17, 15) is 0 Å². The molecule has 0 radical (unpaired) electrons. The van der Waals surface area contributed by atoms with E-state index in [2.05, 4.69) is 219 Å². The molecule has 2 aliphatic heterocycles. The normalized spacial score (nSPS) is 12.2. The Hall–Kier alpha value is -6.50. The van der Waals surface area contributed by atoms with Gasteiger partial charge in [0.15, 0.2) is 0 Å². The molecular formula is C62H60N4Sn. The van der Waals surface area contributed by atoms with Gasteiger partial charge in [0, 0.05) is 16.6 Å². The van der Waals surface area contributed by atoms with Crippen LogP contribution in [0.2, 0.25) is 13.3 Å². The predicted molar refractivity (Wildman–Crippen MR) is 291 cm³/mol. The second kappa shape index (κ2) is 20.2. The molecule has 332 valence electrons. The first-order valence-corrected chi connectivity index (χ1v) is 32.1. The molecule has 67 heavy (non-hydrogen) atoms. The van der Waals surface area contributed by atoms with E-state index in [1.54, 1.807) is 3.58 Å². The van der Waals surface area contributed by atoms with Crippen molar-refractivity contribution in [2.75, 3.05) is 0 Å². The number of hydrogen-bond acceptors (Lipinski definition) is 2. The molecule has 0 atom stereocenters. The number of H-pyrrole nitrogens is 2. The average molecular weight is 980 g/mol. The van der Waals surface area contributed by atoms with Crippen LogP contribution >= 0.6 is 0 Å². The minimum absolute atomic E-state index is 0.901. The molecule has 0 amide bonds. The Morgan fingerprint density at radius 3 is 1.15 bits per heavy atom. The summed E-state index contributed by atoms with van der Waals surface area (Å²) in [6, 6.07) is 60.1.